The zero-order valence-corrected chi connectivity index (χ0v) is 9.24. The number of hydrogen-bond donors (Lipinski definition) is 0. The third-order valence-corrected chi connectivity index (χ3v) is 2.75. The minimum absolute atomic E-state index is 0.119. The predicted molar refractivity (Wildman–Crippen MR) is 64.1 cm³/mol. The number of aryl methyl sites for hydroxylation is 1. The molecule has 0 saturated heterocycles. The zero-order valence-electron chi connectivity index (χ0n) is 9.24. The molecule has 0 spiro atoms. The quantitative estimate of drug-likeness (QED) is 0.624. The summed E-state index contributed by atoms with van der Waals surface area (Å²) in [4.78, 5) is 12.1. The highest BCUT2D eigenvalue weighted by atomic mass is 16.1. The SMILES string of the molecule is Cn1c(=O)n(-c2cccnn2)c2ccccc21. The molecule has 0 aliphatic carbocycles. The standard InChI is InChI=1S/C12H10N4O/c1-15-9-5-2-3-6-10(9)16(12(15)17)11-7-4-8-13-14-11/h2-8H,1H3. The van der Waals surface area contributed by atoms with Crippen molar-refractivity contribution in [2.24, 2.45) is 7.05 Å². The molecular weight excluding hydrogens is 216 g/mol. The molecule has 0 fully saturated rings. The van der Waals surface area contributed by atoms with Gasteiger partial charge in [-0.3, -0.25) is 4.57 Å². The van der Waals surface area contributed by atoms with Gasteiger partial charge in [0.25, 0.3) is 0 Å². The van der Waals surface area contributed by atoms with Gasteiger partial charge in [0.1, 0.15) is 0 Å². The van der Waals surface area contributed by atoms with E-state index in [0.29, 0.717) is 5.82 Å². The molecule has 5 heteroatoms. The lowest BCUT2D eigenvalue weighted by Gasteiger charge is -1.99. The number of rotatable bonds is 1. The number of hydrogen-bond acceptors (Lipinski definition) is 3. The lowest BCUT2D eigenvalue weighted by Crippen LogP contribution is -2.21. The first-order valence-electron chi connectivity index (χ1n) is 5.23. The van der Waals surface area contributed by atoms with E-state index in [1.807, 2.05) is 24.3 Å². The van der Waals surface area contributed by atoms with Gasteiger partial charge in [0, 0.05) is 13.2 Å². The summed E-state index contributed by atoms with van der Waals surface area (Å²) in [6.07, 6.45) is 1.58. The van der Waals surface area contributed by atoms with E-state index in [9.17, 15) is 4.79 Å². The van der Waals surface area contributed by atoms with Crippen LogP contribution in [0, 0.1) is 0 Å². The van der Waals surface area contributed by atoms with Gasteiger partial charge in [0.2, 0.25) is 0 Å². The van der Waals surface area contributed by atoms with Crippen LogP contribution in [0.1, 0.15) is 0 Å². The second-order valence-electron chi connectivity index (χ2n) is 3.75. The molecule has 0 N–H and O–H groups in total. The van der Waals surface area contributed by atoms with Gasteiger partial charge >= 0.3 is 5.69 Å². The molecule has 0 unspecified atom stereocenters. The average Bonchev–Trinajstić information content (AvgIpc) is 2.64. The number of fused-ring (bicyclic) bond motifs is 1. The van der Waals surface area contributed by atoms with Crippen molar-refractivity contribution in [1.29, 1.82) is 0 Å². The van der Waals surface area contributed by atoms with Crippen LogP contribution in [0.3, 0.4) is 0 Å². The predicted octanol–water partition coefficient (Wildman–Crippen LogP) is 1.12. The number of aromatic nitrogens is 4. The van der Waals surface area contributed by atoms with E-state index >= 15 is 0 Å². The molecule has 3 rings (SSSR count). The molecule has 5 nitrogen and oxygen atoms in total. The summed E-state index contributed by atoms with van der Waals surface area (Å²) in [6.45, 7) is 0. The van der Waals surface area contributed by atoms with E-state index in [-0.39, 0.29) is 5.69 Å². The van der Waals surface area contributed by atoms with E-state index in [4.69, 9.17) is 0 Å². The van der Waals surface area contributed by atoms with Gasteiger partial charge in [-0.05, 0) is 24.3 Å². The Bertz CT molecular complexity index is 727. The van der Waals surface area contributed by atoms with Crippen molar-refractivity contribution >= 4 is 11.0 Å². The third-order valence-electron chi connectivity index (χ3n) is 2.75. The molecule has 0 atom stereocenters. The highest BCUT2D eigenvalue weighted by Crippen LogP contribution is 2.14. The molecule has 17 heavy (non-hydrogen) atoms. The van der Waals surface area contributed by atoms with E-state index in [0.717, 1.165) is 11.0 Å². The van der Waals surface area contributed by atoms with Crippen molar-refractivity contribution in [1.82, 2.24) is 19.3 Å². The Morgan fingerprint density at radius 1 is 1.06 bits per heavy atom. The second kappa shape index (κ2) is 3.55. The summed E-state index contributed by atoms with van der Waals surface area (Å²) in [5, 5.41) is 7.77. The number of para-hydroxylation sites is 2. The molecule has 2 aromatic heterocycles. The third kappa shape index (κ3) is 1.36. The van der Waals surface area contributed by atoms with E-state index in [2.05, 4.69) is 10.2 Å². The Kier molecular flexibility index (Phi) is 2.04. The van der Waals surface area contributed by atoms with Crippen molar-refractivity contribution in [2.45, 2.75) is 0 Å². The van der Waals surface area contributed by atoms with Crippen LogP contribution in [0.25, 0.3) is 16.9 Å². The monoisotopic (exact) mass is 226 g/mol. The van der Waals surface area contributed by atoms with E-state index < -0.39 is 0 Å². The lowest BCUT2D eigenvalue weighted by atomic mass is 10.3. The Balaban J connectivity index is 2.45. The normalized spacial score (nSPS) is 10.9. The van der Waals surface area contributed by atoms with Crippen LogP contribution in [0.2, 0.25) is 0 Å². The summed E-state index contributed by atoms with van der Waals surface area (Å²) in [5.74, 6) is 0.536. The first-order chi connectivity index (χ1) is 8.29. The maximum atomic E-state index is 12.1. The molecule has 84 valence electrons. The van der Waals surface area contributed by atoms with E-state index in [1.54, 1.807) is 34.5 Å². The van der Waals surface area contributed by atoms with Crippen LogP contribution in [0.15, 0.2) is 47.4 Å². The molecule has 0 aliphatic rings. The molecular formula is C12H10N4O. The molecule has 0 amide bonds. The highest BCUT2D eigenvalue weighted by Gasteiger charge is 2.11. The summed E-state index contributed by atoms with van der Waals surface area (Å²) < 4.78 is 3.16. The van der Waals surface area contributed by atoms with Crippen molar-refractivity contribution in [2.75, 3.05) is 0 Å². The molecule has 2 heterocycles. The number of imidazole rings is 1. The topological polar surface area (TPSA) is 52.7 Å². The largest absolute Gasteiger partial charge is 0.334 e. The van der Waals surface area contributed by atoms with Crippen LogP contribution in [0.5, 0.6) is 0 Å². The van der Waals surface area contributed by atoms with Crippen LogP contribution in [-0.2, 0) is 7.05 Å². The molecule has 0 radical (unpaired) electrons. The number of nitrogens with zero attached hydrogens (tertiary/aromatic N) is 4. The Morgan fingerprint density at radius 2 is 1.82 bits per heavy atom. The fourth-order valence-corrected chi connectivity index (χ4v) is 1.93. The van der Waals surface area contributed by atoms with Crippen molar-refractivity contribution < 1.29 is 0 Å². The fraction of sp³-hybridized carbons (Fsp3) is 0.0833. The highest BCUT2D eigenvalue weighted by molar-refractivity contribution is 5.77. The van der Waals surface area contributed by atoms with Gasteiger partial charge in [-0.15, -0.1) is 5.10 Å². The van der Waals surface area contributed by atoms with Crippen LogP contribution < -0.4 is 5.69 Å². The van der Waals surface area contributed by atoms with Crippen molar-refractivity contribution in [3.8, 4) is 5.82 Å². The molecule has 0 bridgehead atoms. The summed E-state index contributed by atoms with van der Waals surface area (Å²) in [5.41, 5.74) is 1.59. The first-order valence-corrected chi connectivity index (χ1v) is 5.23. The van der Waals surface area contributed by atoms with Gasteiger partial charge in [-0.25, -0.2) is 9.36 Å². The Labute approximate surface area is 97.0 Å². The van der Waals surface area contributed by atoms with Gasteiger partial charge in [-0.1, -0.05) is 12.1 Å². The second-order valence-corrected chi connectivity index (χ2v) is 3.75. The van der Waals surface area contributed by atoms with Crippen molar-refractivity contribution in [3.05, 3.63) is 53.1 Å². The molecule has 1 aromatic carbocycles. The van der Waals surface area contributed by atoms with Gasteiger partial charge in [-0.2, -0.15) is 5.10 Å². The van der Waals surface area contributed by atoms with Gasteiger partial charge in [0.15, 0.2) is 5.82 Å². The maximum Gasteiger partial charge on any atom is 0.334 e. The maximum absolute atomic E-state index is 12.1. The Hall–Kier alpha value is -2.43. The lowest BCUT2D eigenvalue weighted by molar-refractivity contribution is 0.819. The molecule has 0 saturated carbocycles. The fourth-order valence-electron chi connectivity index (χ4n) is 1.93. The van der Waals surface area contributed by atoms with Gasteiger partial charge in [0.05, 0.1) is 11.0 Å². The Morgan fingerprint density at radius 3 is 2.53 bits per heavy atom. The summed E-state index contributed by atoms with van der Waals surface area (Å²) >= 11 is 0. The molecule has 3 aromatic rings. The van der Waals surface area contributed by atoms with Crippen LogP contribution in [-0.4, -0.2) is 19.3 Å². The minimum atomic E-state index is -0.119. The van der Waals surface area contributed by atoms with Crippen LogP contribution in [0.4, 0.5) is 0 Å². The number of benzene rings is 1. The zero-order chi connectivity index (χ0) is 11.8. The first kappa shape index (κ1) is 9.77. The molecule has 0 aliphatic heterocycles. The summed E-state index contributed by atoms with van der Waals surface area (Å²) in [6, 6.07) is 11.1. The van der Waals surface area contributed by atoms with E-state index in [1.165, 1.54) is 0 Å². The summed E-state index contributed by atoms with van der Waals surface area (Å²) in [7, 11) is 1.75. The smallest absolute Gasteiger partial charge is 0.295 e. The van der Waals surface area contributed by atoms with Gasteiger partial charge < -0.3 is 0 Å². The van der Waals surface area contributed by atoms with Crippen LogP contribution >= 0.6 is 0 Å². The minimum Gasteiger partial charge on any atom is -0.295 e. The average molecular weight is 226 g/mol. The van der Waals surface area contributed by atoms with Crippen molar-refractivity contribution in [3.63, 3.8) is 0 Å².